The summed E-state index contributed by atoms with van der Waals surface area (Å²) in [4.78, 5) is 70.7. The summed E-state index contributed by atoms with van der Waals surface area (Å²) in [7, 11) is -1.19. The second-order valence-corrected chi connectivity index (χ2v) is 18.6. The van der Waals surface area contributed by atoms with Crippen molar-refractivity contribution in [2.24, 2.45) is 0 Å². The van der Waals surface area contributed by atoms with Gasteiger partial charge in [0.05, 0.1) is 13.7 Å². The molecule has 14 nitrogen and oxygen atoms in total. The molecule has 1 aromatic rings. The van der Waals surface area contributed by atoms with Crippen LogP contribution >= 0.6 is 11.3 Å². The first-order chi connectivity index (χ1) is 20.2. The standard InChI is InChI=1S/C28H47N5O9SSi/c1-18(34)40-15-20(24(37)39-8)30-22(35)19(16-41-44(9,10)28(5,6)7)29-23(36)21-17-43-25(31-21)32-11-13-33(14-12-32)26(38)42-27(2,3)4/h17,19-20H,11-16H2,1-10H3,(H,29,36)(H,30,35)/t19-,20-/m0/s1. The Morgan fingerprint density at radius 1 is 0.977 bits per heavy atom. The number of hydrogen-bond acceptors (Lipinski definition) is 12. The summed E-state index contributed by atoms with van der Waals surface area (Å²) >= 11 is 1.27. The monoisotopic (exact) mass is 657 g/mol. The lowest BCUT2D eigenvalue weighted by molar-refractivity contribution is -0.151. The zero-order valence-corrected chi connectivity index (χ0v) is 29.2. The van der Waals surface area contributed by atoms with Crippen LogP contribution in [0.3, 0.4) is 0 Å². The maximum atomic E-state index is 13.4. The van der Waals surface area contributed by atoms with Gasteiger partial charge in [-0.3, -0.25) is 14.4 Å². The number of nitrogens with one attached hydrogen (secondary N) is 2. The van der Waals surface area contributed by atoms with Crippen molar-refractivity contribution in [1.29, 1.82) is 0 Å². The van der Waals surface area contributed by atoms with E-state index in [4.69, 9.17) is 18.6 Å². The third kappa shape index (κ3) is 11.0. The zero-order valence-electron chi connectivity index (χ0n) is 27.4. The van der Waals surface area contributed by atoms with Crippen LogP contribution in [-0.2, 0) is 33.0 Å². The first-order valence-corrected chi connectivity index (χ1v) is 18.2. The molecule has 44 heavy (non-hydrogen) atoms. The smallest absolute Gasteiger partial charge is 0.410 e. The molecule has 1 aliphatic rings. The molecular weight excluding hydrogens is 610 g/mol. The SMILES string of the molecule is COC(=O)[C@H](COC(C)=O)NC(=O)[C@H](CO[Si](C)(C)C(C)(C)C)NC(=O)c1csc(N2CCN(C(=O)OC(C)(C)C)CC2)n1. The maximum absolute atomic E-state index is 13.4. The van der Waals surface area contributed by atoms with Gasteiger partial charge < -0.3 is 39.1 Å². The van der Waals surface area contributed by atoms with Crippen LogP contribution in [0.15, 0.2) is 5.38 Å². The molecule has 1 aromatic heterocycles. The van der Waals surface area contributed by atoms with Gasteiger partial charge in [-0.2, -0.15) is 0 Å². The van der Waals surface area contributed by atoms with Gasteiger partial charge in [0.1, 0.15) is 23.9 Å². The van der Waals surface area contributed by atoms with E-state index < -0.39 is 56.4 Å². The lowest BCUT2D eigenvalue weighted by atomic mass is 10.2. The van der Waals surface area contributed by atoms with Crippen molar-refractivity contribution in [1.82, 2.24) is 20.5 Å². The Kier molecular flexibility index (Phi) is 12.7. The van der Waals surface area contributed by atoms with Crippen LogP contribution in [-0.4, -0.2) is 112 Å². The van der Waals surface area contributed by atoms with E-state index in [9.17, 15) is 24.0 Å². The van der Waals surface area contributed by atoms with Crippen molar-refractivity contribution >= 4 is 54.6 Å². The normalized spacial score (nSPS) is 15.6. The van der Waals surface area contributed by atoms with Crippen molar-refractivity contribution in [3.63, 3.8) is 0 Å². The van der Waals surface area contributed by atoms with Crippen molar-refractivity contribution in [3.05, 3.63) is 11.1 Å². The Morgan fingerprint density at radius 3 is 2.11 bits per heavy atom. The van der Waals surface area contributed by atoms with Gasteiger partial charge in [0.15, 0.2) is 19.5 Å². The Hall–Kier alpha value is -3.24. The number of anilines is 1. The van der Waals surface area contributed by atoms with Gasteiger partial charge in [0.25, 0.3) is 5.91 Å². The number of rotatable bonds is 11. The van der Waals surface area contributed by atoms with Gasteiger partial charge >= 0.3 is 18.0 Å². The Labute approximate surface area is 264 Å². The lowest BCUT2D eigenvalue weighted by Crippen LogP contribution is -2.56. The summed E-state index contributed by atoms with van der Waals surface area (Å²) in [6.07, 6.45) is -0.372. The maximum Gasteiger partial charge on any atom is 0.410 e. The molecule has 0 unspecified atom stereocenters. The van der Waals surface area contributed by atoms with Gasteiger partial charge in [-0.1, -0.05) is 20.8 Å². The minimum atomic E-state index is -2.34. The molecule has 0 spiro atoms. The number of hydrogen-bond donors (Lipinski definition) is 2. The molecule has 0 aliphatic carbocycles. The van der Waals surface area contributed by atoms with Crippen LogP contribution in [0.5, 0.6) is 0 Å². The van der Waals surface area contributed by atoms with Crippen molar-refractivity contribution in [2.45, 2.75) is 84.3 Å². The van der Waals surface area contributed by atoms with E-state index in [0.717, 1.165) is 7.11 Å². The Morgan fingerprint density at radius 2 is 1.59 bits per heavy atom. The van der Waals surface area contributed by atoms with E-state index in [1.54, 1.807) is 10.3 Å². The number of thiazole rings is 1. The topological polar surface area (TPSA) is 166 Å². The molecule has 0 radical (unpaired) electrons. The number of carbonyl (C=O) groups excluding carboxylic acids is 5. The molecule has 2 N–H and O–H groups in total. The summed E-state index contributed by atoms with van der Waals surface area (Å²) < 4.78 is 21.3. The quantitative estimate of drug-likeness (QED) is 0.204. The fraction of sp³-hybridized carbons (Fsp3) is 0.714. The highest BCUT2D eigenvalue weighted by Crippen LogP contribution is 2.36. The van der Waals surface area contributed by atoms with E-state index in [2.05, 4.69) is 15.6 Å². The minimum Gasteiger partial charge on any atom is -0.467 e. The summed E-state index contributed by atoms with van der Waals surface area (Å²) in [6, 6.07) is -2.47. The highest BCUT2D eigenvalue weighted by atomic mass is 32.1. The second kappa shape index (κ2) is 15.2. The molecule has 1 aliphatic heterocycles. The van der Waals surface area contributed by atoms with Gasteiger partial charge in [0.2, 0.25) is 5.91 Å². The molecule has 2 atom stereocenters. The fourth-order valence-corrected chi connectivity index (χ4v) is 5.50. The number of carbonyl (C=O) groups is 5. The molecule has 248 valence electrons. The molecule has 0 bridgehead atoms. The molecule has 16 heteroatoms. The predicted octanol–water partition coefficient (Wildman–Crippen LogP) is 2.54. The van der Waals surface area contributed by atoms with Crippen LogP contribution in [0.25, 0.3) is 0 Å². The number of esters is 2. The van der Waals surface area contributed by atoms with E-state index in [1.807, 2.05) is 59.5 Å². The third-order valence-corrected chi connectivity index (χ3v) is 12.6. The molecule has 3 amide bonds. The number of amides is 3. The first kappa shape index (κ1) is 36.9. The molecule has 1 saturated heterocycles. The Bertz CT molecular complexity index is 1190. The van der Waals surface area contributed by atoms with Gasteiger partial charge in [-0.25, -0.2) is 14.6 Å². The average Bonchev–Trinajstić information content (AvgIpc) is 3.41. The minimum absolute atomic E-state index is 0.106. The molecule has 0 saturated carbocycles. The number of aromatic nitrogens is 1. The van der Waals surface area contributed by atoms with Gasteiger partial charge in [0, 0.05) is 38.5 Å². The van der Waals surface area contributed by atoms with Crippen molar-refractivity contribution in [2.75, 3.05) is 51.4 Å². The fourth-order valence-electron chi connectivity index (χ4n) is 3.63. The summed E-state index contributed by atoms with van der Waals surface area (Å²) in [6.45, 7) is 18.1. The molecule has 2 rings (SSSR count). The van der Waals surface area contributed by atoms with Crippen LogP contribution < -0.4 is 15.5 Å². The van der Waals surface area contributed by atoms with Crippen LogP contribution in [0.4, 0.5) is 9.93 Å². The highest BCUT2D eigenvalue weighted by Gasteiger charge is 2.39. The van der Waals surface area contributed by atoms with E-state index in [1.165, 1.54) is 18.3 Å². The van der Waals surface area contributed by atoms with Crippen LogP contribution in [0.2, 0.25) is 18.1 Å². The van der Waals surface area contributed by atoms with E-state index in [0.29, 0.717) is 31.3 Å². The average molecular weight is 658 g/mol. The number of ether oxygens (including phenoxy) is 3. The summed E-state index contributed by atoms with van der Waals surface area (Å²) in [5.41, 5.74) is -0.479. The van der Waals surface area contributed by atoms with Crippen molar-refractivity contribution < 1.29 is 42.6 Å². The largest absolute Gasteiger partial charge is 0.467 e. The van der Waals surface area contributed by atoms with Crippen LogP contribution in [0.1, 0.15) is 59.0 Å². The Balaban J connectivity index is 2.15. The molecule has 2 heterocycles. The first-order valence-electron chi connectivity index (χ1n) is 14.4. The second-order valence-electron chi connectivity index (χ2n) is 13.0. The zero-order chi connectivity index (χ0) is 33.5. The van der Waals surface area contributed by atoms with Gasteiger partial charge in [-0.15, -0.1) is 11.3 Å². The lowest BCUT2D eigenvalue weighted by Gasteiger charge is -2.37. The van der Waals surface area contributed by atoms with Crippen molar-refractivity contribution in [3.8, 4) is 0 Å². The number of piperazine rings is 1. The number of methoxy groups -OCH3 is 1. The van der Waals surface area contributed by atoms with E-state index in [-0.39, 0.29) is 23.4 Å². The molecule has 0 aromatic carbocycles. The summed E-state index contributed by atoms with van der Waals surface area (Å²) in [5, 5.41) is 7.21. The molecule has 1 fully saturated rings. The van der Waals surface area contributed by atoms with Crippen LogP contribution in [0, 0.1) is 0 Å². The highest BCUT2D eigenvalue weighted by molar-refractivity contribution is 7.13. The number of nitrogens with zero attached hydrogens (tertiary/aromatic N) is 3. The third-order valence-electron chi connectivity index (χ3n) is 7.22. The molecular formula is C28H47N5O9SSi. The van der Waals surface area contributed by atoms with E-state index >= 15 is 0 Å². The van der Waals surface area contributed by atoms with Gasteiger partial charge in [-0.05, 0) is 38.9 Å². The summed E-state index contributed by atoms with van der Waals surface area (Å²) in [5.74, 6) is -2.77. The predicted molar refractivity (Wildman–Crippen MR) is 167 cm³/mol.